The van der Waals surface area contributed by atoms with Crippen molar-refractivity contribution in [1.82, 2.24) is 39.0 Å². The molecule has 5 N–H and O–H groups in total. The van der Waals surface area contributed by atoms with Crippen molar-refractivity contribution in [2.75, 3.05) is 37.0 Å². The van der Waals surface area contributed by atoms with Crippen molar-refractivity contribution in [1.29, 1.82) is 0 Å². The number of benzene rings is 1. The Morgan fingerprint density at radius 3 is 2.49 bits per heavy atom. The molecule has 358 valence electrons. The predicted octanol–water partition coefficient (Wildman–Crippen LogP) is 4.87. The van der Waals surface area contributed by atoms with Gasteiger partial charge in [0.15, 0.2) is 42.7 Å². The number of nitrogens with zero attached hydrogens (tertiary/aromatic N) is 8. The number of aromatic nitrogens is 8. The first-order chi connectivity index (χ1) is 31.7. The summed E-state index contributed by atoms with van der Waals surface area (Å²) in [5, 5.41) is 28.0. The van der Waals surface area contributed by atoms with Gasteiger partial charge in [-0.1, -0.05) is 59.7 Å². The maximum atomic E-state index is 14.9. The topological polar surface area (TPSA) is 273 Å². The minimum atomic E-state index is -4.61. The smallest absolute Gasteiger partial charge is 0.407 e. The molecule has 0 bridgehead atoms. The molecule has 8 rings (SSSR count). The fourth-order valence-electron chi connectivity index (χ4n) is 8.89. The van der Waals surface area contributed by atoms with E-state index in [4.69, 9.17) is 29.3 Å². The zero-order valence-corrected chi connectivity index (χ0v) is 40.3. The number of phosphoric acid groups is 1. The number of carbonyl (C=O) groups is 2. The molecule has 5 heterocycles. The van der Waals surface area contributed by atoms with Crippen LogP contribution in [0.15, 0.2) is 54.1 Å². The summed E-state index contributed by atoms with van der Waals surface area (Å²) in [6, 6.07) is 8.69. The van der Waals surface area contributed by atoms with E-state index in [0.29, 0.717) is 23.1 Å². The molecule has 2 amide bonds. The van der Waals surface area contributed by atoms with Crippen molar-refractivity contribution in [2.24, 2.45) is 23.7 Å². The summed E-state index contributed by atoms with van der Waals surface area (Å²) in [5.74, 6) is -2.21. The van der Waals surface area contributed by atoms with Gasteiger partial charge in [-0.3, -0.25) is 42.8 Å². The van der Waals surface area contributed by atoms with E-state index in [1.165, 1.54) is 17.2 Å². The molecule has 22 nitrogen and oxygen atoms in total. The highest BCUT2D eigenvalue weighted by Crippen LogP contribution is 2.70. The van der Waals surface area contributed by atoms with Crippen LogP contribution in [-0.2, 0) is 37.6 Å². The van der Waals surface area contributed by atoms with Gasteiger partial charge in [0.1, 0.15) is 31.2 Å². The highest BCUT2D eigenvalue weighted by Gasteiger charge is 2.72. The third kappa shape index (κ3) is 8.98. The number of anilines is 2. The van der Waals surface area contributed by atoms with Gasteiger partial charge in [-0.15, -0.1) is 0 Å². The van der Waals surface area contributed by atoms with E-state index < -0.39 is 82.2 Å². The Bertz CT molecular complexity index is 2810. The number of amides is 2. The van der Waals surface area contributed by atoms with Gasteiger partial charge >= 0.3 is 7.82 Å². The number of hydrogen-bond donors (Lipinski definition) is 5. The molecule has 1 aliphatic heterocycles. The maximum absolute atomic E-state index is 14.9. The van der Waals surface area contributed by atoms with Gasteiger partial charge in [0.25, 0.3) is 11.5 Å². The van der Waals surface area contributed by atoms with E-state index in [2.05, 4.69) is 45.4 Å². The van der Waals surface area contributed by atoms with Gasteiger partial charge in [0, 0.05) is 29.9 Å². The Morgan fingerprint density at radius 2 is 1.81 bits per heavy atom. The lowest BCUT2D eigenvalue weighted by Crippen LogP contribution is -2.48. The molecule has 4 aromatic heterocycles. The number of hydrogen-bond acceptors (Lipinski definition) is 16. The standard InChI is InChI=1S/C43H56N11O11PSi/c1-23(2)37(57)51-41-50-36-30(39(59)52-41)47-21-53(36)40-33(65-67(8,9)42(4,5)6)31(56)28(63-40)19-62-66(60,61-16-15-44-7)64-32-24(3)43(17-27(43)26(32)18-55)54-22-48-29-34(45-20-46-35(29)54)49-38(58)25-13-11-10-12-14-25/h10-14,20-24,26-28,31-33,40,55-56H,15-19H2,1-6,8-9H3,(H,45,46,49,58)(H2,50,51,52,57,59)/t24-,26+,27+,28-,31-,32+,33-,40-,43-,66?/m1/s1. The Morgan fingerprint density at radius 1 is 1.07 bits per heavy atom. The van der Waals surface area contributed by atoms with Gasteiger partial charge in [0.2, 0.25) is 18.4 Å². The molecular weight excluding hydrogens is 906 g/mol. The normalized spacial score (nSPS) is 27.0. The minimum absolute atomic E-state index is 0.0462. The molecule has 10 atom stereocenters. The fraction of sp³-hybridized carbons (Fsp3) is 0.558. The van der Waals surface area contributed by atoms with Crippen LogP contribution in [0, 0.1) is 30.2 Å². The minimum Gasteiger partial charge on any atom is -0.407 e. The maximum Gasteiger partial charge on any atom is 0.475 e. The lowest BCUT2D eigenvalue weighted by molar-refractivity contribution is -0.118. The number of H-pyrrole nitrogens is 1. The highest BCUT2D eigenvalue weighted by atomic mass is 31.2. The Labute approximate surface area is 386 Å². The van der Waals surface area contributed by atoms with E-state index in [0.717, 1.165) is 0 Å². The fourth-order valence-corrected chi connectivity index (χ4v) is 11.6. The van der Waals surface area contributed by atoms with Crippen molar-refractivity contribution in [2.45, 2.75) is 102 Å². The summed E-state index contributed by atoms with van der Waals surface area (Å²) >= 11 is 0. The van der Waals surface area contributed by atoms with Gasteiger partial charge in [0.05, 0.1) is 30.9 Å². The molecule has 1 aromatic carbocycles. The molecule has 1 unspecified atom stereocenters. The predicted molar refractivity (Wildman–Crippen MR) is 245 cm³/mol. The van der Waals surface area contributed by atoms with Gasteiger partial charge in [-0.05, 0) is 42.6 Å². The molecular formula is C43H56N11O11PSi. The highest BCUT2D eigenvalue weighted by molar-refractivity contribution is 7.48. The van der Waals surface area contributed by atoms with Gasteiger partial charge in [-0.2, -0.15) is 4.98 Å². The van der Waals surface area contributed by atoms with E-state index >= 15 is 0 Å². The molecule has 1 saturated heterocycles. The third-order valence-electron chi connectivity index (χ3n) is 13.6. The summed E-state index contributed by atoms with van der Waals surface area (Å²) in [6.07, 6.45) is -0.850. The zero-order chi connectivity index (χ0) is 48.2. The first-order valence-electron chi connectivity index (χ1n) is 22.1. The molecule has 67 heavy (non-hydrogen) atoms. The number of rotatable bonds is 17. The third-order valence-corrected chi connectivity index (χ3v) is 19.6. The first-order valence-corrected chi connectivity index (χ1v) is 26.5. The number of aliphatic hydroxyl groups excluding tert-OH is 2. The number of imidazole rings is 2. The van der Waals surface area contributed by atoms with Crippen LogP contribution in [0.25, 0.3) is 27.2 Å². The molecule has 3 aliphatic rings. The van der Waals surface area contributed by atoms with Crippen LogP contribution < -0.4 is 16.2 Å². The van der Waals surface area contributed by atoms with Crippen LogP contribution in [0.1, 0.15) is 64.5 Å². The Hall–Kier alpha value is -5.28. The summed E-state index contributed by atoms with van der Waals surface area (Å²) in [6.45, 7) is 21.4. The number of aliphatic hydroxyl groups is 2. The van der Waals surface area contributed by atoms with Crippen molar-refractivity contribution >= 4 is 62.0 Å². The van der Waals surface area contributed by atoms with Crippen LogP contribution in [0.2, 0.25) is 18.1 Å². The second-order valence-electron chi connectivity index (χ2n) is 19.1. The summed E-state index contributed by atoms with van der Waals surface area (Å²) in [4.78, 5) is 66.9. The summed E-state index contributed by atoms with van der Waals surface area (Å²) in [5.41, 5.74) is -0.0881. The number of nitrogens with one attached hydrogen (secondary N) is 3. The lowest BCUT2D eigenvalue weighted by atomic mass is 9.94. The molecule has 2 aliphatic carbocycles. The number of aromatic amines is 1. The molecule has 3 fully saturated rings. The van der Waals surface area contributed by atoms with E-state index in [9.17, 15) is 29.2 Å². The van der Waals surface area contributed by atoms with Crippen molar-refractivity contribution in [3.8, 4) is 0 Å². The van der Waals surface area contributed by atoms with Crippen LogP contribution in [0.3, 0.4) is 0 Å². The molecule has 0 spiro atoms. The SMILES string of the molecule is [C-]#[N+]CCOP(=O)(OC[C@H]1O[C@@H](n2cnc3c(=O)[nH]c(NC(=O)C(C)C)nc32)[C@H](O[Si](C)(C)C(C)(C)C)[C@@H]1O)O[C@@H]1[C@@H](CO)[C@@H]2C[C@@]2(n2cnc3c(NC(=O)c4ccccc4)ncnc32)[C@@H]1C. The Balaban J connectivity index is 1.06. The van der Waals surface area contributed by atoms with E-state index in [-0.39, 0.29) is 65.5 Å². The molecule has 0 radical (unpaired) electrons. The average Bonchev–Trinajstić information content (AvgIpc) is 3.52. The second-order valence-corrected chi connectivity index (χ2v) is 25.5. The lowest BCUT2D eigenvalue weighted by Gasteiger charge is -2.40. The van der Waals surface area contributed by atoms with E-state index in [1.54, 1.807) is 44.4 Å². The number of phosphoric ester groups is 1. The molecule has 2 saturated carbocycles. The zero-order valence-electron chi connectivity index (χ0n) is 38.4. The largest absolute Gasteiger partial charge is 0.475 e. The monoisotopic (exact) mass is 961 g/mol. The number of fused-ring (bicyclic) bond motifs is 3. The van der Waals surface area contributed by atoms with Crippen LogP contribution in [0.5, 0.6) is 0 Å². The van der Waals surface area contributed by atoms with Crippen LogP contribution >= 0.6 is 7.82 Å². The van der Waals surface area contributed by atoms with Crippen molar-refractivity contribution in [3.63, 3.8) is 0 Å². The molecule has 5 aromatic rings. The first kappa shape index (κ1) is 48.2. The van der Waals surface area contributed by atoms with Gasteiger partial charge < -0.3 is 34.1 Å². The van der Waals surface area contributed by atoms with Crippen LogP contribution in [0.4, 0.5) is 11.8 Å². The van der Waals surface area contributed by atoms with Crippen LogP contribution in [-0.4, -0.2) is 120 Å². The Kier molecular flexibility index (Phi) is 13.2. The quantitative estimate of drug-likeness (QED) is 0.0360. The number of ether oxygens (including phenoxy) is 1. The van der Waals surface area contributed by atoms with Crippen molar-refractivity contribution in [3.05, 3.63) is 76.6 Å². The summed E-state index contributed by atoms with van der Waals surface area (Å²) in [7, 11) is -7.28. The second kappa shape index (κ2) is 18.3. The summed E-state index contributed by atoms with van der Waals surface area (Å²) < 4.78 is 49.6. The van der Waals surface area contributed by atoms with E-state index in [1.807, 2.05) is 51.4 Å². The average molecular weight is 962 g/mol. The molecule has 24 heteroatoms. The van der Waals surface area contributed by atoms with Gasteiger partial charge in [-0.25, -0.2) is 31.1 Å². The number of carbonyl (C=O) groups excluding carboxylic acids is 2. The van der Waals surface area contributed by atoms with Crippen molar-refractivity contribution < 1.29 is 47.1 Å².